The van der Waals surface area contributed by atoms with E-state index in [-0.39, 0.29) is 5.57 Å². The number of rotatable bonds is 5. The first-order valence-electron chi connectivity index (χ1n) is 5.94. The van der Waals surface area contributed by atoms with Gasteiger partial charge in [0.1, 0.15) is 0 Å². The summed E-state index contributed by atoms with van der Waals surface area (Å²) in [6, 6.07) is 0. The Kier molecular flexibility index (Phi) is 6.80. The van der Waals surface area contributed by atoms with Crippen molar-refractivity contribution >= 4 is 0 Å². The van der Waals surface area contributed by atoms with Gasteiger partial charge in [-0.1, -0.05) is 13.0 Å². The molecule has 7 heteroatoms. The van der Waals surface area contributed by atoms with Crippen LogP contribution < -0.4 is 0 Å². The first-order chi connectivity index (χ1) is 8.89. The molecule has 0 saturated carbocycles. The van der Waals surface area contributed by atoms with Crippen LogP contribution in [-0.4, -0.2) is 25.6 Å². The van der Waals surface area contributed by atoms with Crippen molar-refractivity contribution in [3.8, 4) is 0 Å². The molecule has 0 heterocycles. The van der Waals surface area contributed by atoms with Gasteiger partial charge < -0.3 is 4.74 Å². The van der Waals surface area contributed by atoms with Gasteiger partial charge in [-0.3, -0.25) is 0 Å². The minimum atomic E-state index is -4.69. The van der Waals surface area contributed by atoms with Crippen LogP contribution in [0.15, 0.2) is 23.3 Å². The number of ether oxygens (including phenoxy) is 1. The quantitative estimate of drug-likeness (QED) is 0.510. The first-order valence-corrected chi connectivity index (χ1v) is 5.94. The van der Waals surface area contributed by atoms with Crippen molar-refractivity contribution in [2.75, 3.05) is 7.11 Å². The number of hydrogen-bond acceptors (Lipinski definition) is 1. The SMILES string of the molecule is COC(C)/C(C)=C/C(=C\CC(C)C(F)(F)F)C(F)(F)F. The molecule has 0 bridgehead atoms. The Labute approximate surface area is 114 Å². The van der Waals surface area contributed by atoms with Gasteiger partial charge in [-0.25, -0.2) is 0 Å². The second kappa shape index (κ2) is 7.15. The number of alkyl halides is 6. The van der Waals surface area contributed by atoms with Crippen LogP contribution in [0.1, 0.15) is 27.2 Å². The van der Waals surface area contributed by atoms with Crippen molar-refractivity contribution in [2.45, 2.75) is 45.6 Å². The van der Waals surface area contributed by atoms with Crippen LogP contribution >= 0.6 is 0 Å². The van der Waals surface area contributed by atoms with Crippen molar-refractivity contribution in [3.05, 3.63) is 23.3 Å². The number of allylic oxidation sites excluding steroid dienone is 3. The van der Waals surface area contributed by atoms with Crippen molar-refractivity contribution in [3.63, 3.8) is 0 Å². The Morgan fingerprint density at radius 1 is 1.10 bits per heavy atom. The standard InChI is InChI=1S/C13H18F6O/c1-8(10(3)20-4)7-11(13(17,18)19)6-5-9(2)12(14,15)16/h6-7,9-10H,5H2,1-4H3/b8-7+,11-6+. The molecule has 118 valence electrons. The highest BCUT2D eigenvalue weighted by molar-refractivity contribution is 5.28. The summed E-state index contributed by atoms with van der Waals surface area (Å²) in [5, 5.41) is 0. The Morgan fingerprint density at radius 3 is 1.95 bits per heavy atom. The topological polar surface area (TPSA) is 9.23 Å². The van der Waals surface area contributed by atoms with E-state index in [1.54, 1.807) is 6.92 Å². The van der Waals surface area contributed by atoms with Gasteiger partial charge >= 0.3 is 12.4 Å². The molecule has 2 unspecified atom stereocenters. The molecule has 0 aliphatic carbocycles. The molecule has 20 heavy (non-hydrogen) atoms. The monoisotopic (exact) mass is 304 g/mol. The summed E-state index contributed by atoms with van der Waals surface area (Å²) < 4.78 is 80.0. The summed E-state index contributed by atoms with van der Waals surface area (Å²) in [5.41, 5.74) is -0.800. The number of hydrogen-bond donors (Lipinski definition) is 0. The molecule has 0 aromatic rings. The molecule has 1 nitrogen and oxygen atoms in total. The summed E-state index contributed by atoms with van der Waals surface area (Å²) in [5.74, 6) is -1.83. The van der Waals surface area contributed by atoms with Gasteiger partial charge in [0.15, 0.2) is 0 Å². The van der Waals surface area contributed by atoms with Gasteiger partial charge in [0, 0.05) is 7.11 Å². The third kappa shape index (κ3) is 6.45. The zero-order valence-corrected chi connectivity index (χ0v) is 11.7. The van der Waals surface area contributed by atoms with Gasteiger partial charge in [-0.05, 0) is 31.9 Å². The Hall–Kier alpha value is -0.980. The summed E-state index contributed by atoms with van der Waals surface area (Å²) in [6.07, 6.45) is -9.07. The van der Waals surface area contributed by atoms with Gasteiger partial charge in [0.25, 0.3) is 0 Å². The van der Waals surface area contributed by atoms with Gasteiger partial charge in [0.2, 0.25) is 0 Å². The molecule has 0 amide bonds. The second-order valence-electron chi connectivity index (χ2n) is 4.60. The third-order valence-corrected chi connectivity index (χ3v) is 2.96. The fourth-order valence-electron chi connectivity index (χ4n) is 1.24. The predicted octanol–water partition coefficient (Wildman–Crippen LogP) is 5.04. The highest BCUT2D eigenvalue weighted by Gasteiger charge is 2.37. The maximum Gasteiger partial charge on any atom is 0.416 e. The molecule has 0 aliphatic heterocycles. The van der Waals surface area contributed by atoms with Gasteiger partial charge in [0.05, 0.1) is 17.6 Å². The summed E-state index contributed by atoms with van der Waals surface area (Å²) in [7, 11) is 1.34. The van der Waals surface area contributed by atoms with E-state index in [4.69, 9.17) is 4.74 Å². The van der Waals surface area contributed by atoms with Crippen LogP contribution in [0.3, 0.4) is 0 Å². The predicted molar refractivity (Wildman–Crippen MR) is 64.2 cm³/mol. The van der Waals surface area contributed by atoms with E-state index in [9.17, 15) is 26.3 Å². The van der Waals surface area contributed by atoms with Crippen molar-refractivity contribution < 1.29 is 31.1 Å². The van der Waals surface area contributed by atoms with E-state index in [1.807, 2.05) is 0 Å². The number of methoxy groups -OCH3 is 1. The molecule has 0 spiro atoms. The zero-order valence-electron chi connectivity index (χ0n) is 11.7. The van der Waals surface area contributed by atoms with Crippen LogP contribution in [0.2, 0.25) is 0 Å². The summed E-state index contributed by atoms with van der Waals surface area (Å²) in [6.45, 7) is 3.83. The maximum absolute atomic E-state index is 12.8. The molecular formula is C13H18F6O. The van der Waals surface area contributed by atoms with Gasteiger partial charge in [-0.15, -0.1) is 0 Å². The van der Waals surface area contributed by atoms with Crippen molar-refractivity contribution in [2.24, 2.45) is 5.92 Å². The lowest BCUT2D eigenvalue weighted by Gasteiger charge is -2.16. The van der Waals surface area contributed by atoms with E-state index < -0.39 is 36.4 Å². The van der Waals surface area contributed by atoms with E-state index >= 15 is 0 Å². The molecule has 2 atom stereocenters. The molecule has 0 aromatic heterocycles. The van der Waals surface area contributed by atoms with Crippen LogP contribution in [0.4, 0.5) is 26.3 Å². The Bertz CT molecular complexity index is 364. The molecule has 0 N–H and O–H groups in total. The zero-order chi connectivity index (χ0) is 16.1. The highest BCUT2D eigenvalue weighted by atomic mass is 19.4. The van der Waals surface area contributed by atoms with Crippen molar-refractivity contribution in [1.82, 2.24) is 0 Å². The highest BCUT2D eigenvalue weighted by Crippen LogP contribution is 2.32. The molecule has 0 fully saturated rings. The summed E-state index contributed by atoms with van der Waals surface area (Å²) in [4.78, 5) is 0. The molecule has 0 aliphatic rings. The smallest absolute Gasteiger partial charge is 0.377 e. The maximum atomic E-state index is 12.8. The largest absolute Gasteiger partial charge is 0.416 e. The molecular weight excluding hydrogens is 286 g/mol. The Balaban J connectivity index is 5.20. The van der Waals surface area contributed by atoms with E-state index in [0.717, 1.165) is 13.0 Å². The van der Waals surface area contributed by atoms with Crippen LogP contribution in [0.5, 0.6) is 0 Å². The van der Waals surface area contributed by atoms with E-state index in [0.29, 0.717) is 6.08 Å². The Morgan fingerprint density at radius 2 is 1.60 bits per heavy atom. The lowest BCUT2D eigenvalue weighted by atomic mass is 10.0. The average Bonchev–Trinajstić information content (AvgIpc) is 2.29. The van der Waals surface area contributed by atoms with Crippen LogP contribution in [0.25, 0.3) is 0 Å². The van der Waals surface area contributed by atoms with E-state index in [2.05, 4.69) is 0 Å². The normalized spacial score (nSPS) is 18.1. The van der Waals surface area contributed by atoms with Crippen molar-refractivity contribution in [1.29, 1.82) is 0 Å². The lowest BCUT2D eigenvalue weighted by Crippen LogP contribution is -2.20. The lowest BCUT2D eigenvalue weighted by molar-refractivity contribution is -0.168. The molecule has 0 aromatic carbocycles. The second-order valence-corrected chi connectivity index (χ2v) is 4.60. The number of halogens is 6. The fourth-order valence-corrected chi connectivity index (χ4v) is 1.24. The summed E-state index contributed by atoms with van der Waals surface area (Å²) >= 11 is 0. The van der Waals surface area contributed by atoms with Crippen LogP contribution in [0, 0.1) is 5.92 Å². The molecule has 0 saturated heterocycles. The third-order valence-electron chi connectivity index (χ3n) is 2.96. The first kappa shape index (κ1) is 19.0. The minimum absolute atomic E-state index is 0.288. The molecule has 0 radical (unpaired) electrons. The fraction of sp³-hybridized carbons (Fsp3) is 0.692. The minimum Gasteiger partial charge on any atom is -0.377 e. The van der Waals surface area contributed by atoms with E-state index in [1.165, 1.54) is 14.0 Å². The molecule has 0 rings (SSSR count). The van der Waals surface area contributed by atoms with Crippen LogP contribution in [-0.2, 0) is 4.74 Å². The van der Waals surface area contributed by atoms with Gasteiger partial charge in [-0.2, -0.15) is 26.3 Å². The average molecular weight is 304 g/mol.